The Balaban J connectivity index is 2.10. The maximum atomic E-state index is 11.5. The highest BCUT2D eigenvalue weighted by atomic mass is 16.3. The van der Waals surface area contributed by atoms with Crippen LogP contribution in [0.2, 0.25) is 0 Å². The summed E-state index contributed by atoms with van der Waals surface area (Å²) >= 11 is 0. The summed E-state index contributed by atoms with van der Waals surface area (Å²) in [5.41, 5.74) is 0.703. The number of amides is 1. The van der Waals surface area contributed by atoms with Gasteiger partial charge in [-0.05, 0) is 30.3 Å². The van der Waals surface area contributed by atoms with Gasteiger partial charge in [0.1, 0.15) is 0 Å². The SMILES string of the molecule is O=C(Nc1c[c]ccc1)c1ccco1. The molecule has 2 aromatic rings. The van der Waals surface area contributed by atoms with E-state index in [9.17, 15) is 4.79 Å². The van der Waals surface area contributed by atoms with Gasteiger partial charge in [0.25, 0.3) is 5.91 Å². The van der Waals surface area contributed by atoms with Gasteiger partial charge in [-0.1, -0.05) is 12.1 Å². The molecular weight excluding hydrogens is 178 g/mol. The van der Waals surface area contributed by atoms with E-state index in [1.54, 1.807) is 36.4 Å². The first-order valence-corrected chi connectivity index (χ1v) is 4.17. The first-order valence-electron chi connectivity index (χ1n) is 4.17. The first-order chi connectivity index (χ1) is 6.86. The van der Waals surface area contributed by atoms with E-state index in [-0.39, 0.29) is 5.91 Å². The summed E-state index contributed by atoms with van der Waals surface area (Å²) < 4.78 is 4.95. The molecule has 0 bridgehead atoms. The van der Waals surface area contributed by atoms with Crippen molar-refractivity contribution in [3.05, 3.63) is 54.5 Å². The summed E-state index contributed by atoms with van der Waals surface area (Å²) in [5.74, 6) is 0.0449. The number of hydrogen-bond donors (Lipinski definition) is 1. The number of hydrogen-bond acceptors (Lipinski definition) is 2. The van der Waals surface area contributed by atoms with Gasteiger partial charge in [0.05, 0.1) is 6.26 Å². The van der Waals surface area contributed by atoms with E-state index < -0.39 is 0 Å². The minimum absolute atomic E-state index is 0.255. The number of benzene rings is 1. The number of carbonyl (C=O) groups excluding carboxylic acids is 1. The zero-order valence-electron chi connectivity index (χ0n) is 7.36. The fourth-order valence-electron chi connectivity index (χ4n) is 1.07. The Morgan fingerprint density at radius 3 is 2.93 bits per heavy atom. The maximum Gasteiger partial charge on any atom is 0.291 e. The molecule has 0 saturated heterocycles. The molecule has 14 heavy (non-hydrogen) atoms. The van der Waals surface area contributed by atoms with Crippen LogP contribution in [-0.2, 0) is 0 Å². The van der Waals surface area contributed by atoms with E-state index in [0.717, 1.165) is 0 Å². The number of rotatable bonds is 2. The molecule has 0 saturated carbocycles. The average molecular weight is 186 g/mol. The Kier molecular flexibility index (Phi) is 2.32. The molecule has 0 atom stereocenters. The van der Waals surface area contributed by atoms with Gasteiger partial charge in [0, 0.05) is 5.69 Å². The molecule has 1 amide bonds. The van der Waals surface area contributed by atoms with Crippen molar-refractivity contribution in [2.24, 2.45) is 0 Å². The molecule has 69 valence electrons. The van der Waals surface area contributed by atoms with E-state index in [0.29, 0.717) is 11.4 Å². The molecule has 1 heterocycles. The van der Waals surface area contributed by atoms with Crippen molar-refractivity contribution in [3.63, 3.8) is 0 Å². The van der Waals surface area contributed by atoms with Crippen LogP contribution >= 0.6 is 0 Å². The van der Waals surface area contributed by atoms with E-state index in [2.05, 4.69) is 11.4 Å². The predicted molar refractivity (Wildman–Crippen MR) is 51.9 cm³/mol. The lowest BCUT2D eigenvalue weighted by atomic mass is 10.3. The van der Waals surface area contributed by atoms with Gasteiger partial charge in [-0.2, -0.15) is 0 Å². The largest absolute Gasteiger partial charge is 0.459 e. The summed E-state index contributed by atoms with van der Waals surface area (Å²) in [5, 5.41) is 2.68. The smallest absolute Gasteiger partial charge is 0.291 e. The normalized spacial score (nSPS) is 9.71. The van der Waals surface area contributed by atoms with Gasteiger partial charge in [0.2, 0.25) is 0 Å². The molecule has 1 radical (unpaired) electrons. The minimum Gasteiger partial charge on any atom is -0.459 e. The van der Waals surface area contributed by atoms with Gasteiger partial charge >= 0.3 is 0 Å². The first kappa shape index (κ1) is 8.56. The highest BCUT2D eigenvalue weighted by molar-refractivity contribution is 6.02. The summed E-state index contributed by atoms with van der Waals surface area (Å²) in [4.78, 5) is 11.5. The fourth-order valence-corrected chi connectivity index (χ4v) is 1.07. The van der Waals surface area contributed by atoms with E-state index in [1.807, 2.05) is 0 Å². The lowest BCUT2D eigenvalue weighted by Crippen LogP contribution is -2.10. The van der Waals surface area contributed by atoms with Crippen LogP contribution in [0.15, 0.2) is 47.1 Å². The second kappa shape index (κ2) is 3.79. The monoisotopic (exact) mass is 186 g/mol. The van der Waals surface area contributed by atoms with Crippen molar-refractivity contribution in [1.29, 1.82) is 0 Å². The lowest BCUT2D eigenvalue weighted by Gasteiger charge is -2.01. The van der Waals surface area contributed by atoms with Crippen LogP contribution in [0.25, 0.3) is 0 Å². The van der Waals surface area contributed by atoms with Crippen molar-refractivity contribution in [3.8, 4) is 0 Å². The van der Waals surface area contributed by atoms with Gasteiger partial charge in [0.15, 0.2) is 5.76 Å². The number of anilines is 1. The quantitative estimate of drug-likeness (QED) is 0.782. The van der Waals surface area contributed by atoms with Crippen molar-refractivity contribution < 1.29 is 9.21 Å². The van der Waals surface area contributed by atoms with Gasteiger partial charge in [-0.25, -0.2) is 0 Å². The van der Waals surface area contributed by atoms with Crippen LogP contribution in [0.4, 0.5) is 5.69 Å². The molecule has 3 heteroatoms. The van der Waals surface area contributed by atoms with Crippen molar-refractivity contribution >= 4 is 11.6 Å². The van der Waals surface area contributed by atoms with Gasteiger partial charge in [-0.3, -0.25) is 4.79 Å². The Morgan fingerprint density at radius 2 is 2.29 bits per heavy atom. The minimum atomic E-state index is -0.255. The molecule has 0 aliphatic rings. The van der Waals surface area contributed by atoms with Crippen molar-refractivity contribution in [2.45, 2.75) is 0 Å². The molecule has 0 unspecified atom stereocenters. The van der Waals surface area contributed by atoms with Crippen LogP contribution in [0.5, 0.6) is 0 Å². The van der Waals surface area contributed by atoms with Crippen LogP contribution in [0.1, 0.15) is 10.6 Å². The molecule has 0 aliphatic carbocycles. The standard InChI is InChI=1S/C11H8NO2/c13-11(10-7-4-8-14-10)12-9-5-2-1-3-6-9/h1-2,4-8H,(H,12,13). The van der Waals surface area contributed by atoms with Crippen molar-refractivity contribution in [2.75, 3.05) is 5.32 Å². The summed E-state index contributed by atoms with van der Waals surface area (Å²) in [6.45, 7) is 0. The van der Waals surface area contributed by atoms with Crippen LogP contribution in [-0.4, -0.2) is 5.91 Å². The van der Waals surface area contributed by atoms with Crippen molar-refractivity contribution in [1.82, 2.24) is 0 Å². The molecule has 1 aromatic carbocycles. The highest BCUT2D eigenvalue weighted by Crippen LogP contribution is 2.08. The highest BCUT2D eigenvalue weighted by Gasteiger charge is 2.07. The van der Waals surface area contributed by atoms with E-state index in [4.69, 9.17) is 4.42 Å². The Bertz CT molecular complexity index is 406. The molecule has 0 fully saturated rings. The third-order valence-electron chi connectivity index (χ3n) is 1.71. The second-order valence-electron chi connectivity index (χ2n) is 2.72. The summed E-state index contributed by atoms with van der Waals surface area (Å²) in [6.07, 6.45) is 1.46. The number of carbonyl (C=O) groups is 1. The Hall–Kier alpha value is -2.03. The molecule has 0 spiro atoms. The lowest BCUT2D eigenvalue weighted by molar-refractivity contribution is 0.0996. The fraction of sp³-hybridized carbons (Fsp3) is 0. The zero-order chi connectivity index (χ0) is 9.80. The average Bonchev–Trinajstić information content (AvgIpc) is 2.72. The van der Waals surface area contributed by atoms with Crippen LogP contribution in [0.3, 0.4) is 0 Å². The maximum absolute atomic E-state index is 11.5. The molecule has 2 rings (SSSR count). The molecular formula is C11H8NO2. The van der Waals surface area contributed by atoms with Crippen LogP contribution in [0, 0.1) is 6.07 Å². The molecule has 1 aromatic heterocycles. The summed E-state index contributed by atoms with van der Waals surface area (Å²) in [7, 11) is 0. The summed E-state index contributed by atoms with van der Waals surface area (Å²) in [6, 6.07) is 13.2. The Labute approximate surface area is 81.4 Å². The predicted octanol–water partition coefficient (Wildman–Crippen LogP) is 2.33. The number of furan rings is 1. The van der Waals surface area contributed by atoms with Gasteiger partial charge in [-0.15, -0.1) is 0 Å². The topological polar surface area (TPSA) is 42.2 Å². The van der Waals surface area contributed by atoms with Gasteiger partial charge < -0.3 is 9.73 Å². The zero-order valence-corrected chi connectivity index (χ0v) is 7.36. The number of nitrogens with one attached hydrogen (secondary N) is 1. The molecule has 3 nitrogen and oxygen atoms in total. The van der Waals surface area contributed by atoms with E-state index in [1.165, 1.54) is 6.26 Å². The third kappa shape index (κ3) is 1.82. The Morgan fingerprint density at radius 1 is 1.36 bits per heavy atom. The van der Waals surface area contributed by atoms with E-state index >= 15 is 0 Å². The second-order valence-corrected chi connectivity index (χ2v) is 2.72. The molecule has 1 N–H and O–H groups in total. The third-order valence-corrected chi connectivity index (χ3v) is 1.71. The molecule has 0 aliphatic heterocycles. The van der Waals surface area contributed by atoms with Crippen LogP contribution < -0.4 is 5.32 Å².